The topological polar surface area (TPSA) is 98.3 Å². The van der Waals surface area contributed by atoms with Crippen LogP contribution in [-0.2, 0) is 0 Å². The molecule has 7 nitrogen and oxygen atoms in total. The zero-order chi connectivity index (χ0) is 14.3. The largest absolute Gasteiger partial charge is 0.436 e. The number of hydrogen-bond donors (Lipinski definition) is 2. The van der Waals surface area contributed by atoms with E-state index in [4.69, 9.17) is 10.5 Å². The van der Waals surface area contributed by atoms with Crippen LogP contribution in [0.2, 0.25) is 0 Å². The summed E-state index contributed by atoms with van der Waals surface area (Å²) in [5.41, 5.74) is 7.45. The van der Waals surface area contributed by atoms with Gasteiger partial charge in [-0.05, 0) is 25.5 Å². The predicted octanol–water partition coefficient (Wildman–Crippen LogP) is 1.41. The lowest BCUT2D eigenvalue weighted by molar-refractivity contribution is 0.458. The van der Waals surface area contributed by atoms with Crippen LogP contribution in [-0.4, -0.2) is 19.6 Å². The fourth-order valence-electron chi connectivity index (χ4n) is 2.04. The molecule has 0 aliphatic rings. The standard InChI is InChI=1S/C13H13N5O2/c1-7-4-3-5-9(14)12(7)20-11-6-10-16-17-13(19)18(10)8(2)15-11/h3-6H,14H2,1-2H3,(H,17,19). The van der Waals surface area contributed by atoms with Gasteiger partial charge in [0, 0.05) is 6.07 Å². The Labute approximate surface area is 114 Å². The highest BCUT2D eigenvalue weighted by Crippen LogP contribution is 2.30. The first-order chi connectivity index (χ1) is 9.56. The van der Waals surface area contributed by atoms with Gasteiger partial charge in [-0.3, -0.25) is 0 Å². The highest BCUT2D eigenvalue weighted by molar-refractivity contribution is 5.57. The van der Waals surface area contributed by atoms with Gasteiger partial charge in [-0.1, -0.05) is 12.1 Å². The summed E-state index contributed by atoms with van der Waals surface area (Å²) in [6, 6.07) is 7.09. The molecule has 0 aliphatic carbocycles. The molecule has 0 radical (unpaired) electrons. The number of H-pyrrole nitrogens is 1. The Kier molecular flexibility index (Phi) is 2.67. The van der Waals surface area contributed by atoms with E-state index in [1.54, 1.807) is 19.1 Å². The summed E-state index contributed by atoms with van der Waals surface area (Å²) in [7, 11) is 0. The molecule has 20 heavy (non-hydrogen) atoms. The summed E-state index contributed by atoms with van der Waals surface area (Å²) in [5.74, 6) is 1.39. The summed E-state index contributed by atoms with van der Waals surface area (Å²) in [6.07, 6.45) is 0. The van der Waals surface area contributed by atoms with E-state index < -0.39 is 0 Å². The van der Waals surface area contributed by atoms with Crippen molar-refractivity contribution in [2.75, 3.05) is 5.73 Å². The van der Waals surface area contributed by atoms with Crippen molar-refractivity contribution in [3.05, 3.63) is 46.1 Å². The number of nitrogens with one attached hydrogen (secondary N) is 1. The van der Waals surface area contributed by atoms with Gasteiger partial charge in [0.05, 0.1) is 5.69 Å². The Bertz CT molecular complexity index is 829. The molecule has 7 heteroatoms. The lowest BCUT2D eigenvalue weighted by atomic mass is 10.2. The minimum absolute atomic E-state index is 0.327. The maximum atomic E-state index is 11.5. The third-order valence-electron chi connectivity index (χ3n) is 3.00. The van der Waals surface area contributed by atoms with E-state index >= 15 is 0 Å². The van der Waals surface area contributed by atoms with E-state index in [-0.39, 0.29) is 5.69 Å². The van der Waals surface area contributed by atoms with Crippen LogP contribution in [0.15, 0.2) is 29.1 Å². The molecule has 2 aromatic heterocycles. The van der Waals surface area contributed by atoms with Crippen molar-refractivity contribution in [3.8, 4) is 11.6 Å². The highest BCUT2D eigenvalue weighted by atomic mass is 16.5. The molecule has 0 saturated carbocycles. The molecular formula is C13H13N5O2. The van der Waals surface area contributed by atoms with Gasteiger partial charge in [0.15, 0.2) is 11.4 Å². The van der Waals surface area contributed by atoms with Crippen molar-refractivity contribution in [2.45, 2.75) is 13.8 Å². The molecule has 0 unspecified atom stereocenters. The molecule has 0 spiro atoms. The SMILES string of the molecule is Cc1cccc(N)c1Oc1cc2n[nH]c(=O)n2c(C)n1. The number of aryl methyl sites for hydroxylation is 2. The average molecular weight is 271 g/mol. The lowest BCUT2D eigenvalue weighted by Gasteiger charge is -2.11. The Morgan fingerprint density at radius 2 is 2.15 bits per heavy atom. The summed E-state index contributed by atoms with van der Waals surface area (Å²) in [6.45, 7) is 3.61. The van der Waals surface area contributed by atoms with E-state index in [2.05, 4.69) is 15.2 Å². The number of hydrogen-bond acceptors (Lipinski definition) is 5. The number of nitrogen functional groups attached to an aromatic ring is 1. The average Bonchev–Trinajstić information content (AvgIpc) is 2.76. The monoisotopic (exact) mass is 271 g/mol. The van der Waals surface area contributed by atoms with Crippen molar-refractivity contribution in [3.63, 3.8) is 0 Å². The Morgan fingerprint density at radius 3 is 2.90 bits per heavy atom. The summed E-state index contributed by atoms with van der Waals surface area (Å²) >= 11 is 0. The molecule has 3 aromatic rings. The predicted molar refractivity (Wildman–Crippen MR) is 74.0 cm³/mol. The number of para-hydroxylation sites is 1. The first-order valence-corrected chi connectivity index (χ1v) is 6.04. The van der Waals surface area contributed by atoms with Crippen LogP contribution in [0, 0.1) is 13.8 Å². The number of fused-ring (bicyclic) bond motifs is 1. The number of rotatable bonds is 2. The Morgan fingerprint density at radius 1 is 1.35 bits per heavy atom. The first kappa shape index (κ1) is 12.2. The second-order valence-electron chi connectivity index (χ2n) is 4.46. The second-order valence-corrected chi connectivity index (χ2v) is 4.46. The van der Waals surface area contributed by atoms with Gasteiger partial charge in [0.25, 0.3) is 0 Å². The molecule has 3 N–H and O–H groups in total. The molecule has 0 atom stereocenters. The third kappa shape index (κ3) is 1.89. The molecular weight excluding hydrogens is 258 g/mol. The fraction of sp³-hybridized carbons (Fsp3) is 0.154. The van der Waals surface area contributed by atoms with Crippen molar-refractivity contribution < 1.29 is 4.74 Å². The summed E-state index contributed by atoms with van der Waals surface area (Å²) in [4.78, 5) is 15.8. The van der Waals surface area contributed by atoms with Crippen LogP contribution < -0.4 is 16.2 Å². The molecule has 0 aliphatic heterocycles. The van der Waals surface area contributed by atoms with Gasteiger partial charge in [0.2, 0.25) is 5.88 Å². The van der Waals surface area contributed by atoms with Crippen LogP contribution in [0.5, 0.6) is 11.6 Å². The minimum Gasteiger partial charge on any atom is -0.436 e. The third-order valence-corrected chi connectivity index (χ3v) is 3.00. The summed E-state index contributed by atoms with van der Waals surface area (Å²) in [5, 5.41) is 6.27. The summed E-state index contributed by atoms with van der Waals surface area (Å²) < 4.78 is 7.10. The van der Waals surface area contributed by atoms with Crippen LogP contribution in [0.25, 0.3) is 5.65 Å². The van der Waals surface area contributed by atoms with Crippen molar-refractivity contribution in [2.24, 2.45) is 0 Å². The zero-order valence-electron chi connectivity index (χ0n) is 11.0. The van der Waals surface area contributed by atoms with Gasteiger partial charge in [-0.15, -0.1) is 0 Å². The molecule has 1 aromatic carbocycles. The molecule has 0 saturated heterocycles. The lowest BCUT2D eigenvalue weighted by Crippen LogP contribution is -2.13. The molecule has 2 heterocycles. The van der Waals surface area contributed by atoms with Gasteiger partial charge in [0.1, 0.15) is 5.82 Å². The number of ether oxygens (including phenoxy) is 1. The number of benzene rings is 1. The van der Waals surface area contributed by atoms with E-state index in [0.717, 1.165) is 5.56 Å². The molecule has 102 valence electrons. The number of anilines is 1. The van der Waals surface area contributed by atoms with Gasteiger partial charge in [-0.2, -0.15) is 10.1 Å². The smallest absolute Gasteiger partial charge is 0.349 e. The number of nitrogens with zero attached hydrogens (tertiary/aromatic N) is 3. The van der Waals surface area contributed by atoms with E-state index in [1.807, 2.05) is 19.1 Å². The zero-order valence-corrected chi connectivity index (χ0v) is 11.0. The van der Waals surface area contributed by atoms with E-state index in [0.29, 0.717) is 28.8 Å². The Balaban J connectivity index is 2.10. The molecule has 0 fully saturated rings. The van der Waals surface area contributed by atoms with Crippen molar-refractivity contribution in [1.29, 1.82) is 0 Å². The van der Waals surface area contributed by atoms with E-state index in [1.165, 1.54) is 4.40 Å². The van der Waals surface area contributed by atoms with Gasteiger partial charge in [-0.25, -0.2) is 14.3 Å². The second kappa shape index (κ2) is 4.37. The van der Waals surface area contributed by atoms with Gasteiger partial charge >= 0.3 is 5.69 Å². The first-order valence-electron chi connectivity index (χ1n) is 6.04. The van der Waals surface area contributed by atoms with Crippen LogP contribution >= 0.6 is 0 Å². The molecule has 0 amide bonds. The maximum absolute atomic E-state index is 11.5. The van der Waals surface area contributed by atoms with Crippen LogP contribution in [0.1, 0.15) is 11.4 Å². The van der Waals surface area contributed by atoms with Crippen LogP contribution in [0.3, 0.4) is 0 Å². The fourth-order valence-corrected chi connectivity index (χ4v) is 2.04. The minimum atomic E-state index is -0.327. The van der Waals surface area contributed by atoms with Crippen LogP contribution in [0.4, 0.5) is 5.69 Å². The Hall–Kier alpha value is -2.83. The highest BCUT2D eigenvalue weighted by Gasteiger charge is 2.11. The molecule has 0 bridgehead atoms. The maximum Gasteiger partial charge on any atom is 0.349 e. The normalized spacial score (nSPS) is 10.9. The quantitative estimate of drug-likeness (QED) is 0.687. The molecule has 3 rings (SSSR count). The van der Waals surface area contributed by atoms with Crippen molar-refractivity contribution >= 4 is 11.3 Å². The number of aromatic nitrogens is 4. The van der Waals surface area contributed by atoms with Crippen molar-refractivity contribution in [1.82, 2.24) is 19.6 Å². The number of aromatic amines is 1. The number of nitrogens with two attached hydrogens (primary N) is 1. The van der Waals surface area contributed by atoms with Gasteiger partial charge < -0.3 is 10.5 Å². The van der Waals surface area contributed by atoms with E-state index in [9.17, 15) is 4.79 Å².